The lowest BCUT2D eigenvalue weighted by molar-refractivity contribution is -0.117. The number of likely N-dealkylation sites (tertiary alicyclic amines) is 1. The van der Waals surface area contributed by atoms with Crippen molar-refractivity contribution in [3.63, 3.8) is 0 Å². The van der Waals surface area contributed by atoms with Gasteiger partial charge in [-0.3, -0.25) is 14.4 Å². The first-order valence-corrected chi connectivity index (χ1v) is 10.7. The number of hydrogen-bond donors (Lipinski definition) is 1. The molecular weight excluding hydrogens is 378 g/mol. The third-order valence-corrected chi connectivity index (χ3v) is 5.78. The van der Waals surface area contributed by atoms with Gasteiger partial charge in [0.1, 0.15) is 0 Å². The van der Waals surface area contributed by atoms with E-state index in [0.717, 1.165) is 50.1 Å². The molecule has 3 amide bonds. The van der Waals surface area contributed by atoms with E-state index in [2.05, 4.69) is 5.32 Å². The van der Waals surface area contributed by atoms with Crippen LogP contribution in [0.2, 0.25) is 0 Å². The molecule has 0 atom stereocenters. The highest BCUT2D eigenvalue weighted by molar-refractivity contribution is 5.97. The molecule has 6 nitrogen and oxygen atoms in total. The number of amides is 3. The van der Waals surface area contributed by atoms with E-state index < -0.39 is 0 Å². The van der Waals surface area contributed by atoms with E-state index in [9.17, 15) is 14.4 Å². The minimum atomic E-state index is -0.179. The summed E-state index contributed by atoms with van der Waals surface area (Å²) in [7, 11) is 0. The van der Waals surface area contributed by atoms with Crippen LogP contribution in [0.15, 0.2) is 48.5 Å². The molecule has 156 valence electrons. The summed E-state index contributed by atoms with van der Waals surface area (Å²) >= 11 is 0. The monoisotopic (exact) mass is 405 g/mol. The summed E-state index contributed by atoms with van der Waals surface area (Å²) in [4.78, 5) is 40.7. The number of piperidine rings is 1. The van der Waals surface area contributed by atoms with Gasteiger partial charge in [0.25, 0.3) is 11.8 Å². The SMILES string of the molecule is O=C(NCc1cccc(C(=O)N2CCCCC2)c1)c1ccc(N2CCCC2=O)cc1. The molecule has 0 aromatic heterocycles. The average molecular weight is 405 g/mol. The molecule has 2 aliphatic rings. The molecule has 0 bridgehead atoms. The van der Waals surface area contributed by atoms with Gasteiger partial charge in [0.05, 0.1) is 0 Å². The highest BCUT2D eigenvalue weighted by Gasteiger charge is 2.22. The predicted molar refractivity (Wildman–Crippen MR) is 115 cm³/mol. The van der Waals surface area contributed by atoms with E-state index in [1.54, 1.807) is 17.0 Å². The van der Waals surface area contributed by atoms with Crippen LogP contribution in [0.25, 0.3) is 0 Å². The molecule has 0 unspecified atom stereocenters. The molecule has 0 aliphatic carbocycles. The molecule has 2 fully saturated rings. The zero-order chi connectivity index (χ0) is 20.9. The van der Waals surface area contributed by atoms with Gasteiger partial charge >= 0.3 is 0 Å². The number of nitrogens with one attached hydrogen (secondary N) is 1. The van der Waals surface area contributed by atoms with Crippen LogP contribution in [0.1, 0.15) is 58.4 Å². The van der Waals surface area contributed by atoms with E-state index in [1.807, 2.05) is 41.3 Å². The molecule has 2 saturated heterocycles. The summed E-state index contributed by atoms with van der Waals surface area (Å²) in [5, 5.41) is 2.91. The van der Waals surface area contributed by atoms with E-state index >= 15 is 0 Å². The van der Waals surface area contributed by atoms with Gasteiger partial charge in [-0.2, -0.15) is 0 Å². The van der Waals surface area contributed by atoms with Crippen molar-refractivity contribution in [1.29, 1.82) is 0 Å². The molecule has 0 radical (unpaired) electrons. The summed E-state index contributed by atoms with van der Waals surface area (Å²) < 4.78 is 0. The van der Waals surface area contributed by atoms with Crippen LogP contribution in [0.5, 0.6) is 0 Å². The van der Waals surface area contributed by atoms with Gasteiger partial charge in [0.15, 0.2) is 0 Å². The first-order valence-electron chi connectivity index (χ1n) is 10.7. The second-order valence-electron chi connectivity index (χ2n) is 7.93. The maximum atomic E-state index is 12.7. The summed E-state index contributed by atoms with van der Waals surface area (Å²) in [6, 6.07) is 14.6. The number of nitrogens with zero attached hydrogens (tertiary/aromatic N) is 2. The lowest BCUT2D eigenvalue weighted by Crippen LogP contribution is -2.35. The number of benzene rings is 2. The Labute approximate surface area is 176 Å². The minimum absolute atomic E-state index is 0.0647. The van der Waals surface area contributed by atoms with Crippen LogP contribution < -0.4 is 10.2 Å². The van der Waals surface area contributed by atoms with Crippen molar-refractivity contribution in [3.05, 3.63) is 65.2 Å². The second kappa shape index (κ2) is 9.11. The second-order valence-corrected chi connectivity index (χ2v) is 7.93. The Morgan fingerprint density at radius 2 is 1.63 bits per heavy atom. The smallest absolute Gasteiger partial charge is 0.253 e. The molecule has 1 N–H and O–H groups in total. The van der Waals surface area contributed by atoms with Crippen LogP contribution in [0.4, 0.5) is 5.69 Å². The Kier molecular flexibility index (Phi) is 6.12. The van der Waals surface area contributed by atoms with Gasteiger partial charge in [-0.05, 0) is 67.6 Å². The predicted octanol–water partition coefficient (Wildman–Crippen LogP) is 3.37. The Balaban J connectivity index is 1.35. The van der Waals surface area contributed by atoms with E-state index in [0.29, 0.717) is 24.1 Å². The molecular formula is C24H27N3O3. The number of hydrogen-bond acceptors (Lipinski definition) is 3. The van der Waals surface area contributed by atoms with Crippen molar-refractivity contribution in [2.75, 3.05) is 24.5 Å². The molecule has 2 aliphatic heterocycles. The van der Waals surface area contributed by atoms with Crippen molar-refractivity contribution in [3.8, 4) is 0 Å². The molecule has 0 saturated carbocycles. The molecule has 2 aromatic rings. The van der Waals surface area contributed by atoms with Crippen molar-refractivity contribution in [1.82, 2.24) is 10.2 Å². The average Bonchev–Trinajstić information content (AvgIpc) is 3.23. The first kappa shape index (κ1) is 20.1. The van der Waals surface area contributed by atoms with Crippen molar-refractivity contribution in [2.24, 2.45) is 0 Å². The molecule has 6 heteroatoms. The Morgan fingerprint density at radius 1 is 0.867 bits per heavy atom. The van der Waals surface area contributed by atoms with Crippen molar-refractivity contribution < 1.29 is 14.4 Å². The van der Waals surface area contributed by atoms with Gasteiger partial charge < -0.3 is 15.1 Å². The lowest BCUT2D eigenvalue weighted by atomic mass is 10.1. The summed E-state index contributed by atoms with van der Waals surface area (Å²) in [5.41, 5.74) is 2.94. The number of carbonyl (C=O) groups excluding carboxylic acids is 3. The highest BCUT2D eigenvalue weighted by Crippen LogP contribution is 2.21. The third-order valence-electron chi connectivity index (χ3n) is 5.78. The number of carbonyl (C=O) groups is 3. The van der Waals surface area contributed by atoms with Gasteiger partial charge in [0, 0.05) is 49.4 Å². The fourth-order valence-corrected chi connectivity index (χ4v) is 4.09. The Morgan fingerprint density at radius 3 is 2.33 bits per heavy atom. The van der Waals surface area contributed by atoms with Crippen LogP contribution in [-0.4, -0.2) is 42.3 Å². The number of anilines is 1. The van der Waals surface area contributed by atoms with E-state index in [1.165, 1.54) is 6.42 Å². The highest BCUT2D eigenvalue weighted by atomic mass is 16.2. The normalized spacial score (nSPS) is 16.6. The number of rotatable bonds is 5. The van der Waals surface area contributed by atoms with Crippen molar-refractivity contribution >= 4 is 23.4 Å². The molecule has 30 heavy (non-hydrogen) atoms. The van der Waals surface area contributed by atoms with Crippen LogP contribution >= 0.6 is 0 Å². The quantitative estimate of drug-likeness (QED) is 0.829. The van der Waals surface area contributed by atoms with E-state index in [-0.39, 0.29) is 17.7 Å². The van der Waals surface area contributed by atoms with Gasteiger partial charge in [-0.25, -0.2) is 0 Å². The van der Waals surface area contributed by atoms with Crippen molar-refractivity contribution in [2.45, 2.75) is 38.6 Å². The van der Waals surface area contributed by atoms with Crippen LogP contribution in [0.3, 0.4) is 0 Å². The summed E-state index contributed by atoms with van der Waals surface area (Å²) in [6.45, 7) is 2.72. The Bertz CT molecular complexity index is 933. The fraction of sp³-hybridized carbons (Fsp3) is 0.375. The lowest BCUT2D eigenvalue weighted by Gasteiger charge is -2.26. The largest absolute Gasteiger partial charge is 0.348 e. The maximum absolute atomic E-state index is 12.7. The van der Waals surface area contributed by atoms with Crippen LogP contribution in [-0.2, 0) is 11.3 Å². The van der Waals surface area contributed by atoms with Gasteiger partial charge in [0.2, 0.25) is 5.91 Å². The summed E-state index contributed by atoms with van der Waals surface area (Å²) in [5.74, 6) is 0.0168. The standard InChI is InChI=1S/C24H27N3O3/c28-22-8-5-15-27(22)21-11-9-19(10-12-21)23(29)25-17-18-6-4-7-20(16-18)24(30)26-13-2-1-3-14-26/h4,6-7,9-12,16H,1-3,5,8,13-15,17H2,(H,25,29). The van der Waals surface area contributed by atoms with E-state index in [4.69, 9.17) is 0 Å². The maximum Gasteiger partial charge on any atom is 0.253 e. The van der Waals surface area contributed by atoms with Gasteiger partial charge in [-0.15, -0.1) is 0 Å². The third kappa shape index (κ3) is 4.53. The summed E-state index contributed by atoms with van der Waals surface area (Å²) in [6.07, 6.45) is 4.77. The molecule has 2 aromatic carbocycles. The fourth-order valence-electron chi connectivity index (χ4n) is 4.09. The topological polar surface area (TPSA) is 69.7 Å². The molecule has 4 rings (SSSR count). The zero-order valence-electron chi connectivity index (χ0n) is 17.1. The first-order chi connectivity index (χ1) is 14.6. The van der Waals surface area contributed by atoms with Crippen LogP contribution in [0, 0.1) is 0 Å². The minimum Gasteiger partial charge on any atom is -0.348 e. The molecule has 2 heterocycles. The molecule has 0 spiro atoms. The Hall–Kier alpha value is -3.15. The zero-order valence-corrected chi connectivity index (χ0v) is 17.1. The van der Waals surface area contributed by atoms with Gasteiger partial charge in [-0.1, -0.05) is 12.1 Å².